The van der Waals surface area contributed by atoms with E-state index in [4.69, 9.17) is 9.47 Å². The molecule has 4 nitrogen and oxygen atoms in total. The largest absolute Gasteiger partial charge is 0.389 e. The van der Waals surface area contributed by atoms with Crippen molar-refractivity contribution in [1.29, 1.82) is 0 Å². The lowest BCUT2D eigenvalue weighted by Crippen LogP contribution is -2.39. The molecule has 0 rings (SSSR count). The second-order valence-corrected chi connectivity index (χ2v) is 3.35. The number of hydrogen-bond donors (Lipinski definition) is 1. The lowest BCUT2D eigenvalue weighted by Gasteiger charge is -2.26. The van der Waals surface area contributed by atoms with Gasteiger partial charge >= 0.3 is 0 Å². The summed E-state index contributed by atoms with van der Waals surface area (Å²) < 4.78 is 9.85. The van der Waals surface area contributed by atoms with E-state index < -0.39 is 6.10 Å². The van der Waals surface area contributed by atoms with Gasteiger partial charge in [0.2, 0.25) is 0 Å². The molecule has 0 saturated heterocycles. The molecule has 13 heavy (non-hydrogen) atoms. The maximum atomic E-state index is 9.43. The van der Waals surface area contributed by atoms with Crippen molar-refractivity contribution in [3.63, 3.8) is 0 Å². The summed E-state index contributed by atoms with van der Waals surface area (Å²) in [5.41, 5.74) is 0. The van der Waals surface area contributed by atoms with E-state index in [2.05, 4.69) is 6.92 Å². The Balaban J connectivity index is 3.64. The Morgan fingerprint density at radius 1 is 1.23 bits per heavy atom. The van der Waals surface area contributed by atoms with Crippen LogP contribution in [0.25, 0.3) is 0 Å². The van der Waals surface area contributed by atoms with Gasteiger partial charge in [0, 0.05) is 26.8 Å². The first-order valence-corrected chi connectivity index (χ1v) is 4.48. The van der Waals surface area contributed by atoms with Crippen molar-refractivity contribution in [2.24, 2.45) is 0 Å². The normalized spacial score (nSPS) is 16.2. The first-order chi connectivity index (χ1) is 6.11. The average Bonchev–Trinajstić information content (AvgIpc) is 2.05. The highest BCUT2D eigenvalue weighted by Gasteiger charge is 2.12. The molecule has 1 N–H and O–H groups in total. The highest BCUT2D eigenvalue weighted by Crippen LogP contribution is 1.98. The van der Waals surface area contributed by atoms with Crippen molar-refractivity contribution in [3.8, 4) is 0 Å². The number of methoxy groups -OCH3 is 2. The second-order valence-electron chi connectivity index (χ2n) is 3.35. The fourth-order valence-electron chi connectivity index (χ4n) is 1.13. The summed E-state index contributed by atoms with van der Waals surface area (Å²) in [6.45, 7) is 3.72. The number of nitrogens with zero attached hydrogens (tertiary/aromatic N) is 1. The molecule has 80 valence electrons. The predicted molar refractivity (Wildman–Crippen MR) is 51.9 cm³/mol. The van der Waals surface area contributed by atoms with Gasteiger partial charge in [-0.3, -0.25) is 4.90 Å². The SMILES string of the molecule is COCC(O)CN(C)C(C)COC. The Bertz CT molecular complexity index is 121. The topological polar surface area (TPSA) is 41.9 Å². The molecule has 0 aliphatic heterocycles. The van der Waals surface area contributed by atoms with E-state index in [0.717, 1.165) is 0 Å². The molecule has 0 aromatic rings. The van der Waals surface area contributed by atoms with Crippen LogP contribution in [0, 0.1) is 0 Å². The van der Waals surface area contributed by atoms with Crippen LogP contribution < -0.4 is 0 Å². The van der Waals surface area contributed by atoms with E-state index in [-0.39, 0.29) is 0 Å². The highest BCUT2D eigenvalue weighted by atomic mass is 16.5. The molecule has 2 unspecified atom stereocenters. The van der Waals surface area contributed by atoms with Gasteiger partial charge in [0.25, 0.3) is 0 Å². The van der Waals surface area contributed by atoms with Crippen molar-refractivity contribution in [2.75, 3.05) is 41.0 Å². The number of aliphatic hydroxyl groups is 1. The number of rotatable bonds is 7. The smallest absolute Gasteiger partial charge is 0.0900 e. The van der Waals surface area contributed by atoms with Gasteiger partial charge in [-0.25, -0.2) is 0 Å². The number of likely N-dealkylation sites (N-methyl/N-ethyl adjacent to an activating group) is 1. The Hall–Kier alpha value is -0.160. The highest BCUT2D eigenvalue weighted by molar-refractivity contribution is 4.66. The molecular formula is C9H21NO3. The summed E-state index contributed by atoms with van der Waals surface area (Å²) in [6, 6.07) is 0.316. The first kappa shape index (κ1) is 12.8. The predicted octanol–water partition coefficient (Wildman–Crippen LogP) is -0.0396. The van der Waals surface area contributed by atoms with E-state index in [0.29, 0.717) is 25.8 Å². The summed E-state index contributed by atoms with van der Waals surface area (Å²) in [7, 11) is 5.22. The number of ether oxygens (including phenoxy) is 2. The van der Waals surface area contributed by atoms with E-state index in [1.54, 1.807) is 14.2 Å². The molecule has 0 spiro atoms. The van der Waals surface area contributed by atoms with Gasteiger partial charge in [0.05, 0.1) is 19.3 Å². The first-order valence-electron chi connectivity index (χ1n) is 4.48. The van der Waals surface area contributed by atoms with Gasteiger partial charge in [0.15, 0.2) is 0 Å². The van der Waals surface area contributed by atoms with Gasteiger partial charge in [-0.05, 0) is 14.0 Å². The van der Waals surface area contributed by atoms with Crippen LogP contribution in [0.2, 0.25) is 0 Å². The quantitative estimate of drug-likeness (QED) is 0.613. The van der Waals surface area contributed by atoms with Crippen LogP contribution in [-0.2, 0) is 9.47 Å². The molecular weight excluding hydrogens is 170 g/mol. The Labute approximate surface area is 80.4 Å². The van der Waals surface area contributed by atoms with Gasteiger partial charge in [-0.2, -0.15) is 0 Å². The summed E-state index contributed by atoms with van der Waals surface area (Å²) in [5, 5.41) is 9.43. The average molecular weight is 191 g/mol. The number of aliphatic hydroxyl groups excluding tert-OH is 1. The van der Waals surface area contributed by atoms with Crippen molar-refractivity contribution in [3.05, 3.63) is 0 Å². The fraction of sp³-hybridized carbons (Fsp3) is 1.00. The van der Waals surface area contributed by atoms with Gasteiger partial charge < -0.3 is 14.6 Å². The third-order valence-corrected chi connectivity index (χ3v) is 2.02. The van der Waals surface area contributed by atoms with Crippen LogP contribution in [0.5, 0.6) is 0 Å². The molecule has 0 saturated carbocycles. The lowest BCUT2D eigenvalue weighted by atomic mass is 10.2. The van der Waals surface area contributed by atoms with Crippen LogP contribution in [-0.4, -0.2) is 63.2 Å². The van der Waals surface area contributed by atoms with Crippen molar-refractivity contribution < 1.29 is 14.6 Å². The summed E-state index contributed by atoms with van der Waals surface area (Å²) in [4.78, 5) is 2.05. The Morgan fingerprint density at radius 2 is 1.77 bits per heavy atom. The third-order valence-electron chi connectivity index (χ3n) is 2.02. The molecule has 0 fully saturated rings. The molecule has 0 amide bonds. The lowest BCUT2D eigenvalue weighted by molar-refractivity contribution is 0.0250. The second kappa shape index (κ2) is 7.26. The van der Waals surface area contributed by atoms with Crippen LogP contribution in [0.4, 0.5) is 0 Å². The minimum atomic E-state index is -0.422. The monoisotopic (exact) mass is 191 g/mol. The molecule has 0 aromatic heterocycles. The zero-order chi connectivity index (χ0) is 10.3. The zero-order valence-corrected chi connectivity index (χ0v) is 8.99. The molecule has 0 heterocycles. The number of hydrogen-bond acceptors (Lipinski definition) is 4. The van der Waals surface area contributed by atoms with E-state index in [1.807, 2.05) is 11.9 Å². The Morgan fingerprint density at radius 3 is 2.23 bits per heavy atom. The van der Waals surface area contributed by atoms with E-state index in [1.165, 1.54) is 0 Å². The molecule has 0 aliphatic rings. The van der Waals surface area contributed by atoms with E-state index in [9.17, 15) is 5.11 Å². The van der Waals surface area contributed by atoms with Crippen LogP contribution in [0.1, 0.15) is 6.92 Å². The van der Waals surface area contributed by atoms with Crippen LogP contribution in [0.15, 0.2) is 0 Å². The zero-order valence-electron chi connectivity index (χ0n) is 8.99. The minimum Gasteiger partial charge on any atom is -0.389 e. The van der Waals surface area contributed by atoms with Crippen LogP contribution in [0.3, 0.4) is 0 Å². The fourth-order valence-corrected chi connectivity index (χ4v) is 1.13. The van der Waals surface area contributed by atoms with Crippen LogP contribution >= 0.6 is 0 Å². The molecule has 0 bridgehead atoms. The Kier molecular flexibility index (Phi) is 7.17. The van der Waals surface area contributed by atoms with Crippen molar-refractivity contribution in [2.45, 2.75) is 19.1 Å². The summed E-state index contributed by atoms with van der Waals surface area (Å²) in [6.07, 6.45) is -0.422. The van der Waals surface area contributed by atoms with Crippen molar-refractivity contribution in [1.82, 2.24) is 4.90 Å². The molecule has 0 aromatic carbocycles. The van der Waals surface area contributed by atoms with Crippen molar-refractivity contribution >= 4 is 0 Å². The third kappa shape index (κ3) is 5.99. The standard InChI is InChI=1S/C9H21NO3/c1-8(6-12-3)10(2)5-9(11)7-13-4/h8-9,11H,5-7H2,1-4H3. The molecule has 4 heteroatoms. The van der Waals surface area contributed by atoms with Gasteiger partial charge in [-0.15, -0.1) is 0 Å². The van der Waals surface area contributed by atoms with Gasteiger partial charge in [-0.1, -0.05) is 0 Å². The molecule has 2 atom stereocenters. The summed E-state index contributed by atoms with van der Waals surface area (Å²) in [5.74, 6) is 0. The van der Waals surface area contributed by atoms with E-state index >= 15 is 0 Å². The molecule has 0 aliphatic carbocycles. The minimum absolute atomic E-state index is 0.316. The molecule has 0 radical (unpaired) electrons. The maximum absolute atomic E-state index is 9.43. The van der Waals surface area contributed by atoms with Gasteiger partial charge in [0.1, 0.15) is 0 Å². The summed E-state index contributed by atoms with van der Waals surface area (Å²) >= 11 is 0. The maximum Gasteiger partial charge on any atom is 0.0900 e.